The third kappa shape index (κ3) is 6.22. The van der Waals surface area contributed by atoms with Crippen LogP contribution < -0.4 is 10.1 Å². The van der Waals surface area contributed by atoms with Crippen molar-refractivity contribution in [1.29, 1.82) is 0 Å². The van der Waals surface area contributed by atoms with E-state index in [1.54, 1.807) is 12.0 Å². The summed E-state index contributed by atoms with van der Waals surface area (Å²) in [6.45, 7) is 13.4. The van der Waals surface area contributed by atoms with Gasteiger partial charge in [-0.2, -0.15) is 0 Å². The lowest BCUT2D eigenvalue weighted by Gasteiger charge is -2.36. The lowest BCUT2D eigenvalue weighted by atomic mass is 9.72. The predicted octanol–water partition coefficient (Wildman–Crippen LogP) is 6.73. The molecule has 218 valence electrons. The zero-order valence-corrected chi connectivity index (χ0v) is 25.4. The molecule has 4 atom stereocenters. The van der Waals surface area contributed by atoms with Crippen LogP contribution in [0.2, 0.25) is 0 Å². The number of rotatable bonds is 7. The highest BCUT2D eigenvalue weighted by molar-refractivity contribution is 5.87. The number of methoxy groups -OCH3 is 1. The Labute approximate surface area is 240 Å². The molecule has 0 unspecified atom stereocenters. The average Bonchev–Trinajstić information content (AvgIpc) is 3.28. The van der Waals surface area contributed by atoms with Gasteiger partial charge in [0.15, 0.2) is 0 Å². The van der Waals surface area contributed by atoms with Crippen LogP contribution in [0.4, 0.5) is 0 Å². The van der Waals surface area contributed by atoms with Gasteiger partial charge in [-0.3, -0.25) is 4.79 Å². The van der Waals surface area contributed by atoms with Crippen LogP contribution >= 0.6 is 0 Å². The minimum atomic E-state index is -0.929. The summed E-state index contributed by atoms with van der Waals surface area (Å²) in [5.41, 5.74) is 2.82. The second-order valence-electron chi connectivity index (χ2n) is 13.8. The largest absolute Gasteiger partial charge is 0.496 e. The number of carbonyl (C=O) groups is 2. The number of nitrogens with one attached hydrogen (secondary N) is 1. The minimum absolute atomic E-state index is 0.00758. The highest BCUT2D eigenvalue weighted by Crippen LogP contribution is 2.49. The van der Waals surface area contributed by atoms with Gasteiger partial charge in [0.1, 0.15) is 11.8 Å². The first kappa shape index (κ1) is 30.1. The molecular formula is C34H48N2O4. The van der Waals surface area contributed by atoms with Crippen molar-refractivity contribution >= 4 is 11.9 Å². The third-order valence-electron chi connectivity index (χ3n) is 8.94. The van der Waals surface area contributed by atoms with E-state index in [4.69, 9.17) is 4.74 Å². The summed E-state index contributed by atoms with van der Waals surface area (Å²) in [6, 6.07) is 14.7. The number of likely N-dealkylation sites (tertiary alicyclic amines) is 1. The van der Waals surface area contributed by atoms with Crippen LogP contribution in [0.25, 0.3) is 0 Å². The molecule has 2 aromatic rings. The van der Waals surface area contributed by atoms with E-state index < -0.39 is 18.1 Å². The number of carbonyl (C=O) groups excluding carboxylic acids is 1. The second kappa shape index (κ2) is 11.9. The normalized spacial score (nSPS) is 24.2. The quantitative estimate of drug-likeness (QED) is 0.401. The van der Waals surface area contributed by atoms with Gasteiger partial charge < -0.3 is 20.1 Å². The Hall–Kier alpha value is -2.86. The van der Waals surface area contributed by atoms with Crippen molar-refractivity contribution in [3.05, 3.63) is 65.2 Å². The number of hydrogen-bond donors (Lipinski definition) is 2. The molecule has 2 aliphatic rings. The minimum Gasteiger partial charge on any atom is -0.496 e. The first-order valence-electron chi connectivity index (χ1n) is 14.8. The number of carboxylic acids is 1. The van der Waals surface area contributed by atoms with E-state index in [1.165, 1.54) is 5.56 Å². The molecule has 0 aromatic heterocycles. The topological polar surface area (TPSA) is 78.9 Å². The molecule has 1 aliphatic heterocycles. The summed E-state index contributed by atoms with van der Waals surface area (Å²) in [5.74, 6) is -0.565. The highest BCUT2D eigenvalue weighted by atomic mass is 16.5. The van der Waals surface area contributed by atoms with Gasteiger partial charge in [-0.05, 0) is 40.9 Å². The average molecular weight is 549 g/mol. The lowest BCUT2D eigenvalue weighted by Crippen LogP contribution is -2.49. The van der Waals surface area contributed by atoms with Gasteiger partial charge in [-0.15, -0.1) is 0 Å². The molecule has 1 heterocycles. The Bertz CT molecular complexity index is 1170. The third-order valence-corrected chi connectivity index (χ3v) is 8.94. The van der Waals surface area contributed by atoms with Crippen LogP contribution in [0.1, 0.15) is 96.4 Å². The number of hydrogen-bond acceptors (Lipinski definition) is 4. The van der Waals surface area contributed by atoms with Crippen molar-refractivity contribution in [1.82, 2.24) is 10.2 Å². The molecule has 1 amide bonds. The number of ether oxygens (including phenoxy) is 1. The summed E-state index contributed by atoms with van der Waals surface area (Å²) in [5, 5.41) is 14.5. The first-order chi connectivity index (χ1) is 18.8. The van der Waals surface area contributed by atoms with Crippen LogP contribution in [0.3, 0.4) is 0 Å². The van der Waals surface area contributed by atoms with Gasteiger partial charge in [-0.25, -0.2) is 4.79 Å². The molecule has 4 rings (SSSR count). The Morgan fingerprint density at radius 2 is 1.62 bits per heavy atom. The van der Waals surface area contributed by atoms with Crippen molar-refractivity contribution in [2.24, 2.45) is 17.3 Å². The van der Waals surface area contributed by atoms with Crippen molar-refractivity contribution in [2.75, 3.05) is 7.11 Å². The zero-order valence-electron chi connectivity index (χ0n) is 25.4. The van der Waals surface area contributed by atoms with Crippen LogP contribution in [0, 0.1) is 17.3 Å². The van der Waals surface area contributed by atoms with Gasteiger partial charge in [0.05, 0.1) is 13.2 Å². The maximum Gasteiger partial charge on any atom is 0.326 e. The maximum absolute atomic E-state index is 14.3. The predicted molar refractivity (Wildman–Crippen MR) is 159 cm³/mol. The number of aliphatic carboxylic acids is 1. The molecule has 1 saturated carbocycles. The lowest BCUT2D eigenvalue weighted by molar-refractivity contribution is -0.154. The number of amides is 1. The molecular weight excluding hydrogens is 500 g/mol. The summed E-state index contributed by atoms with van der Waals surface area (Å²) < 4.78 is 5.73. The first-order valence-corrected chi connectivity index (χ1v) is 14.8. The van der Waals surface area contributed by atoms with Crippen LogP contribution in [-0.2, 0) is 21.5 Å². The summed E-state index contributed by atoms with van der Waals surface area (Å²) in [4.78, 5) is 29.1. The van der Waals surface area contributed by atoms with Crippen molar-refractivity contribution in [3.8, 4) is 5.75 Å². The molecule has 6 nitrogen and oxygen atoms in total. The van der Waals surface area contributed by atoms with E-state index in [1.807, 2.05) is 36.4 Å². The summed E-state index contributed by atoms with van der Waals surface area (Å²) in [6.07, 6.45) is 4.84. The van der Waals surface area contributed by atoms with Crippen molar-refractivity contribution < 1.29 is 19.4 Å². The molecule has 1 saturated heterocycles. The van der Waals surface area contributed by atoms with Crippen LogP contribution in [-0.4, -0.2) is 41.1 Å². The second-order valence-corrected chi connectivity index (χ2v) is 13.8. The zero-order chi connectivity index (χ0) is 29.2. The van der Waals surface area contributed by atoms with E-state index in [2.05, 4.69) is 59.0 Å². The van der Waals surface area contributed by atoms with Crippen molar-refractivity contribution in [3.63, 3.8) is 0 Å². The Morgan fingerprint density at radius 3 is 2.17 bits per heavy atom. The van der Waals surface area contributed by atoms with Gasteiger partial charge in [0, 0.05) is 30.0 Å². The van der Waals surface area contributed by atoms with E-state index in [9.17, 15) is 14.7 Å². The molecule has 2 fully saturated rings. The molecule has 1 aliphatic carbocycles. The Balaban J connectivity index is 1.81. The van der Waals surface area contributed by atoms with Gasteiger partial charge in [-0.1, -0.05) is 103 Å². The maximum atomic E-state index is 14.3. The van der Waals surface area contributed by atoms with Gasteiger partial charge in [0.25, 0.3) is 0 Å². The molecule has 2 aromatic carbocycles. The Kier molecular flexibility index (Phi) is 8.99. The SMILES string of the molecule is COc1ccc(C(C)(C)C)cc1CN[C@@H]1[C@@H](C(C)(C)C)[C@@H](C(=O)O)N(C(=O)C2CCCCC2)[C@H]1c1ccccc1. The molecule has 40 heavy (non-hydrogen) atoms. The molecule has 0 radical (unpaired) electrons. The fourth-order valence-electron chi connectivity index (χ4n) is 6.90. The molecule has 0 bridgehead atoms. The van der Waals surface area contributed by atoms with E-state index >= 15 is 0 Å². The van der Waals surface area contributed by atoms with Crippen LogP contribution in [0.5, 0.6) is 5.75 Å². The van der Waals surface area contributed by atoms with E-state index in [-0.39, 0.29) is 34.6 Å². The number of nitrogens with zero attached hydrogens (tertiary/aromatic N) is 1. The highest BCUT2D eigenvalue weighted by Gasteiger charge is 2.58. The van der Waals surface area contributed by atoms with Crippen LogP contribution in [0.15, 0.2) is 48.5 Å². The smallest absolute Gasteiger partial charge is 0.326 e. The number of carboxylic acid groups (broad SMARTS) is 1. The van der Waals surface area contributed by atoms with E-state index in [0.29, 0.717) is 6.54 Å². The van der Waals surface area contributed by atoms with Crippen molar-refractivity contribution in [2.45, 2.75) is 104 Å². The fourth-order valence-corrected chi connectivity index (χ4v) is 6.90. The van der Waals surface area contributed by atoms with Gasteiger partial charge >= 0.3 is 5.97 Å². The fraction of sp³-hybridized carbons (Fsp3) is 0.588. The molecule has 0 spiro atoms. The molecule has 2 N–H and O–H groups in total. The summed E-state index contributed by atoms with van der Waals surface area (Å²) in [7, 11) is 1.68. The number of benzene rings is 2. The monoisotopic (exact) mass is 548 g/mol. The standard InChI is InChI=1S/C34H48N2O4/c1-33(2,3)25-18-19-26(40-7)24(20-25)21-35-28-27(34(4,5)6)30(32(38)39)36(29(28)22-14-10-8-11-15-22)31(37)23-16-12-9-13-17-23/h8,10-11,14-15,18-20,23,27-30,35H,9,12-13,16-17,21H2,1-7H3,(H,38,39)/t27-,28-,29+,30+/m1/s1. The Morgan fingerprint density at radius 1 is 0.975 bits per heavy atom. The van der Waals surface area contributed by atoms with Gasteiger partial charge in [0.2, 0.25) is 5.91 Å². The summed E-state index contributed by atoms with van der Waals surface area (Å²) >= 11 is 0. The molecule has 6 heteroatoms. The van der Waals surface area contributed by atoms with E-state index in [0.717, 1.165) is 49.0 Å².